The minimum Gasteiger partial charge on any atom is -0.462 e. The van der Waals surface area contributed by atoms with E-state index in [2.05, 4.69) is 74.7 Å². The molecule has 0 fully saturated rings. The second-order valence-electron chi connectivity index (χ2n) is 17.2. The molecule has 59 heavy (non-hydrogen) atoms. The fraction of sp³-hybridized carbons (Fsp3) is 0.811. The Labute approximate surface area is 366 Å². The summed E-state index contributed by atoms with van der Waals surface area (Å²) in [6.45, 7) is 6.43. The molecule has 0 spiro atoms. The Morgan fingerprint density at radius 3 is 1.37 bits per heavy atom. The van der Waals surface area contributed by atoms with Crippen molar-refractivity contribution in [2.45, 2.75) is 270 Å². The second-order valence-corrected chi connectivity index (χ2v) is 17.2. The van der Waals surface area contributed by atoms with Gasteiger partial charge in [-0.3, -0.25) is 9.59 Å². The molecule has 3 N–H and O–H groups in total. The number of allylic oxidation sites excluding steroid dienone is 8. The van der Waals surface area contributed by atoms with Crippen LogP contribution in [0.25, 0.3) is 0 Å². The molecule has 3 unspecified atom stereocenters. The Morgan fingerprint density at radius 1 is 0.492 bits per heavy atom. The van der Waals surface area contributed by atoms with Crippen LogP contribution in [0.5, 0.6) is 0 Å². The lowest BCUT2D eigenvalue weighted by molar-refractivity contribution is -0.151. The average Bonchev–Trinajstić information content (AvgIpc) is 3.23. The van der Waals surface area contributed by atoms with E-state index < -0.39 is 18.2 Å². The van der Waals surface area contributed by atoms with Crippen molar-refractivity contribution >= 4 is 11.9 Å². The highest BCUT2D eigenvalue weighted by molar-refractivity contribution is 5.77. The van der Waals surface area contributed by atoms with Crippen molar-refractivity contribution in [3.05, 3.63) is 48.6 Å². The van der Waals surface area contributed by atoms with Gasteiger partial charge in [-0.1, -0.05) is 198 Å². The predicted octanol–water partition coefficient (Wildman–Crippen LogP) is 15.1. The summed E-state index contributed by atoms with van der Waals surface area (Å²) in [5, 5.41) is 23.7. The third-order valence-electron chi connectivity index (χ3n) is 11.4. The van der Waals surface area contributed by atoms with Gasteiger partial charge in [0.1, 0.15) is 6.10 Å². The Balaban J connectivity index is 4.69. The fourth-order valence-electron chi connectivity index (χ4n) is 7.49. The Morgan fingerprint density at radius 2 is 0.864 bits per heavy atom. The van der Waals surface area contributed by atoms with Crippen LogP contribution >= 0.6 is 0 Å². The van der Waals surface area contributed by atoms with Crippen molar-refractivity contribution in [1.29, 1.82) is 0 Å². The minimum atomic E-state index is -0.799. The predicted molar refractivity (Wildman–Crippen MR) is 255 cm³/mol. The summed E-state index contributed by atoms with van der Waals surface area (Å²) in [5.41, 5.74) is 0. The molecule has 0 aromatic carbocycles. The topological polar surface area (TPSA) is 95.9 Å². The van der Waals surface area contributed by atoms with Gasteiger partial charge in [0, 0.05) is 6.42 Å². The first kappa shape index (κ1) is 56.8. The molecule has 0 aromatic heterocycles. The van der Waals surface area contributed by atoms with E-state index in [-0.39, 0.29) is 24.9 Å². The van der Waals surface area contributed by atoms with Crippen molar-refractivity contribution in [1.82, 2.24) is 5.32 Å². The van der Waals surface area contributed by atoms with E-state index in [1.54, 1.807) is 0 Å². The molecule has 6 nitrogen and oxygen atoms in total. The maximum atomic E-state index is 13.2. The van der Waals surface area contributed by atoms with Crippen molar-refractivity contribution < 1.29 is 24.5 Å². The molecule has 6 heteroatoms. The Kier molecular flexibility index (Phi) is 45.1. The number of amides is 1. The molecule has 0 aromatic rings. The third-order valence-corrected chi connectivity index (χ3v) is 11.4. The number of rotatable bonds is 45. The molecule has 1 amide bonds. The van der Waals surface area contributed by atoms with Gasteiger partial charge in [0.25, 0.3) is 0 Å². The zero-order valence-corrected chi connectivity index (χ0v) is 39.1. The standard InChI is InChI=1S/C53H97NO5/c1-4-7-10-13-16-19-22-24-26-27-30-32-35-38-41-44-49(59-53(58)46-43-40-37-34-31-28-25-23-20-17-14-11-8-5-2)47-52(57)54-50(48-55)51(56)45-42-39-36-33-29-21-18-15-12-9-6-3/h16,19,24,26,28,30-32,49-51,55-56H,4-15,17-18,20-23,25,27,29,33-48H2,1-3H3,(H,54,57)/b19-16-,26-24-,31-28-,32-30-. The second kappa shape index (κ2) is 46.9. The van der Waals surface area contributed by atoms with Crippen LogP contribution in [-0.4, -0.2) is 46.9 Å². The van der Waals surface area contributed by atoms with Crippen LogP contribution in [0.15, 0.2) is 48.6 Å². The highest BCUT2D eigenvalue weighted by Crippen LogP contribution is 2.17. The van der Waals surface area contributed by atoms with E-state index in [4.69, 9.17) is 4.74 Å². The Bertz CT molecular complexity index is 1020. The van der Waals surface area contributed by atoms with Gasteiger partial charge in [0.05, 0.1) is 25.2 Å². The van der Waals surface area contributed by atoms with E-state index in [0.717, 1.165) is 83.5 Å². The summed E-state index contributed by atoms with van der Waals surface area (Å²) in [7, 11) is 0. The van der Waals surface area contributed by atoms with Crippen molar-refractivity contribution in [2.75, 3.05) is 6.61 Å². The van der Waals surface area contributed by atoms with Crippen molar-refractivity contribution in [3.8, 4) is 0 Å². The summed E-state index contributed by atoms with van der Waals surface area (Å²) in [6.07, 6.45) is 56.0. The maximum absolute atomic E-state index is 13.2. The van der Waals surface area contributed by atoms with Crippen LogP contribution in [0.3, 0.4) is 0 Å². The van der Waals surface area contributed by atoms with Crippen molar-refractivity contribution in [2.24, 2.45) is 0 Å². The fourth-order valence-corrected chi connectivity index (χ4v) is 7.49. The van der Waals surface area contributed by atoms with Crippen LogP contribution in [0.1, 0.15) is 252 Å². The summed E-state index contributed by atoms with van der Waals surface area (Å²) in [6, 6.07) is -0.715. The average molecular weight is 828 g/mol. The van der Waals surface area contributed by atoms with Crippen LogP contribution < -0.4 is 5.32 Å². The zero-order chi connectivity index (χ0) is 43.1. The highest BCUT2D eigenvalue weighted by atomic mass is 16.5. The monoisotopic (exact) mass is 828 g/mol. The first-order chi connectivity index (χ1) is 29.0. The van der Waals surface area contributed by atoms with Crippen LogP contribution in [0.2, 0.25) is 0 Å². The molecule has 0 saturated carbocycles. The summed E-state index contributed by atoms with van der Waals surface area (Å²) >= 11 is 0. The van der Waals surface area contributed by atoms with Crippen LogP contribution in [-0.2, 0) is 14.3 Å². The first-order valence-electron chi connectivity index (χ1n) is 25.4. The minimum absolute atomic E-state index is 0.0463. The number of unbranched alkanes of at least 4 members (excludes halogenated alkanes) is 25. The van der Waals surface area contributed by atoms with E-state index in [1.807, 2.05) is 0 Å². The highest BCUT2D eigenvalue weighted by Gasteiger charge is 2.24. The van der Waals surface area contributed by atoms with Gasteiger partial charge in [-0.2, -0.15) is 0 Å². The van der Waals surface area contributed by atoms with Gasteiger partial charge >= 0.3 is 5.97 Å². The molecule has 0 aliphatic carbocycles. The van der Waals surface area contributed by atoms with E-state index in [1.165, 1.54) is 122 Å². The summed E-state index contributed by atoms with van der Waals surface area (Å²) in [4.78, 5) is 26.1. The maximum Gasteiger partial charge on any atom is 0.306 e. The van der Waals surface area contributed by atoms with Gasteiger partial charge < -0.3 is 20.3 Å². The number of carbonyl (C=O) groups is 2. The molecule has 344 valence electrons. The van der Waals surface area contributed by atoms with Crippen LogP contribution in [0, 0.1) is 0 Å². The number of ether oxygens (including phenoxy) is 1. The number of nitrogens with one attached hydrogen (secondary N) is 1. The quantitative estimate of drug-likeness (QED) is 0.0323. The summed E-state index contributed by atoms with van der Waals surface area (Å²) < 4.78 is 5.90. The lowest BCUT2D eigenvalue weighted by atomic mass is 10.0. The van der Waals surface area contributed by atoms with Gasteiger partial charge in [0.15, 0.2) is 0 Å². The largest absolute Gasteiger partial charge is 0.462 e. The van der Waals surface area contributed by atoms with Gasteiger partial charge in [-0.25, -0.2) is 0 Å². The molecule has 0 aliphatic heterocycles. The lowest BCUT2D eigenvalue weighted by Gasteiger charge is -2.24. The Hall–Kier alpha value is -2.18. The molecule has 0 aliphatic rings. The molecular formula is C53H97NO5. The number of aliphatic hydroxyl groups is 2. The van der Waals surface area contributed by atoms with Gasteiger partial charge in [-0.05, 0) is 89.9 Å². The third kappa shape index (κ3) is 42.3. The smallest absolute Gasteiger partial charge is 0.306 e. The number of hydrogen-bond donors (Lipinski definition) is 3. The molecule has 3 atom stereocenters. The molecule has 0 saturated heterocycles. The first-order valence-corrected chi connectivity index (χ1v) is 25.4. The molecule has 0 radical (unpaired) electrons. The molecular weight excluding hydrogens is 731 g/mol. The SMILES string of the molecule is CCCCC/C=C\C/C=C\C/C=C\CCCCC(CC(=O)NC(CO)C(O)CCCCCCCCCCCCC)OC(=O)CCCCC/C=C\CCCCCCCCC. The van der Waals surface area contributed by atoms with E-state index >= 15 is 0 Å². The van der Waals surface area contributed by atoms with Crippen molar-refractivity contribution in [3.63, 3.8) is 0 Å². The zero-order valence-electron chi connectivity index (χ0n) is 39.1. The van der Waals surface area contributed by atoms with Gasteiger partial charge in [-0.15, -0.1) is 0 Å². The number of hydrogen-bond acceptors (Lipinski definition) is 5. The number of aliphatic hydroxyl groups excluding tert-OH is 2. The lowest BCUT2D eigenvalue weighted by Crippen LogP contribution is -2.46. The normalized spacial score (nSPS) is 13.6. The van der Waals surface area contributed by atoms with Gasteiger partial charge in [0.2, 0.25) is 5.91 Å². The number of carbonyl (C=O) groups excluding carboxylic acids is 2. The van der Waals surface area contributed by atoms with Crippen LogP contribution in [0.4, 0.5) is 0 Å². The summed E-state index contributed by atoms with van der Waals surface area (Å²) in [5.74, 6) is -0.527. The van der Waals surface area contributed by atoms with E-state index in [0.29, 0.717) is 19.3 Å². The van der Waals surface area contributed by atoms with E-state index in [9.17, 15) is 19.8 Å². The number of esters is 1. The molecule has 0 heterocycles. The molecule has 0 rings (SSSR count). The molecule has 0 bridgehead atoms.